The first-order valence-corrected chi connectivity index (χ1v) is 6.69. The van der Waals surface area contributed by atoms with E-state index in [0.29, 0.717) is 0 Å². The smallest absolute Gasteiger partial charge is 0.185 e. The maximum Gasteiger partial charge on any atom is 0.185 e. The standard InChI is InChI=1S/C11H14N2S2/c1-3-13(8-10-5-4-6-14-10)11-12-7-9(2)15-11/h4-7H,3,8H2,1-2H3. The summed E-state index contributed by atoms with van der Waals surface area (Å²) in [7, 11) is 0. The van der Waals surface area contributed by atoms with Crippen molar-refractivity contribution in [1.82, 2.24) is 4.98 Å². The zero-order valence-electron chi connectivity index (χ0n) is 8.93. The van der Waals surface area contributed by atoms with Crippen molar-refractivity contribution in [2.75, 3.05) is 11.4 Å². The first-order chi connectivity index (χ1) is 7.29. The van der Waals surface area contributed by atoms with E-state index in [4.69, 9.17) is 0 Å². The number of hydrogen-bond donors (Lipinski definition) is 0. The minimum absolute atomic E-state index is 0.973. The van der Waals surface area contributed by atoms with Crippen molar-refractivity contribution in [2.45, 2.75) is 20.4 Å². The summed E-state index contributed by atoms with van der Waals surface area (Å²) in [4.78, 5) is 9.39. The first-order valence-electron chi connectivity index (χ1n) is 4.99. The lowest BCUT2D eigenvalue weighted by Gasteiger charge is -2.18. The van der Waals surface area contributed by atoms with Crippen LogP contribution in [0.2, 0.25) is 0 Å². The number of nitrogens with zero attached hydrogens (tertiary/aromatic N) is 2. The Morgan fingerprint density at radius 2 is 2.33 bits per heavy atom. The van der Waals surface area contributed by atoms with Crippen molar-refractivity contribution in [2.24, 2.45) is 0 Å². The minimum atomic E-state index is 0.973. The molecule has 0 aromatic carbocycles. The third-order valence-electron chi connectivity index (χ3n) is 2.19. The van der Waals surface area contributed by atoms with Crippen LogP contribution in [0.1, 0.15) is 16.7 Å². The molecule has 0 saturated carbocycles. The average molecular weight is 238 g/mol. The van der Waals surface area contributed by atoms with Crippen molar-refractivity contribution >= 4 is 27.8 Å². The molecule has 0 saturated heterocycles. The molecule has 2 nitrogen and oxygen atoms in total. The molecule has 2 aromatic heterocycles. The molecule has 2 rings (SSSR count). The molecule has 80 valence electrons. The van der Waals surface area contributed by atoms with Crippen LogP contribution in [0.15, 0.2) is 23.7 Å². The molecule has 0 spiro atoms. The molecule has 0 N–H and O–H groups in total. The number of anilines is 1. The third kappa shape index (κ3) is 2.58. The van der Waals surface area contributed by atoms with Gasteiger partial charge in [-0.05, 0) is 25.3 Å². The largest absolute Gasteiger partial charge is 0.343 e. The average Bonchev–Trinajstić information content (AvgIpc) is 2.85. The number of thiophene rings is 1. The minimum Gasteiger partial charge on any atom is -0.343 e. The highest BCUT2D eigenvalue weighted by Crippen LogP contribution is 2.24. The van der Waals surface area contributed by atoms with E-state index in [9.17, 15) is 0 Å². The van der Waals surface area contributed by atoms with Crippen LogP contribution in [0, 0.1) is 6.92 Å². The van der Waals surface area contributed by atoms with Gasteiger partial charge in [0.1, 0.15) is 0 Å². The van der Waals surface area contributed by atoms with Crippen LogP contribution in [0.25, 0.3) is 0 Å². The highest BCUT2D eigenvalue weighted by molar-refractivity contribution is 7.15. The number of thiazole rings is 1. The van der Waals surface area contributed by atoms with Crippen LogP contribution in [-0.4, -0.2) is 11.5 Å². The Bertz CT molecular complexity index is 406. The second kappa shape index (κ2) is 4.77. The van der Waals surface area contributed by atoms with E-state index in [0.717, 1.165) is 18.2 Å². The second-order valence-corrected chi connectivity index (χ2v) is 5.59. The van der Waals surface area contributed by atoms with Crippen LogP contribution in [-0.2, 0) is 6.54 Å². The number of aromatic nitrogens is 1. The molecular formula is C11H14N2S2. The molecule has 0 atom stereocenters. The molecule has 2 aromatic rings. The van der Waals surface area contributed by atoms with Crippen LogP contribution in [0.3, 0.4) is 0 Å². The van der Waals surface area contributed by atoms with Gasteiger partial charge in [-0.25, -0.2) is 4.98 Å². The molecule has 0 aliphatic heterocycles. The molecule has 0 unspecified atom stereocenters. The fourth-order valence-corrected chi connectivity index (χ4v) is 2.94. The fourth-order valence-electron chi connectivity index (χ4n) is 1.39. The fraction of sp³-hybridized carbons (Fsp3) is 0.364. The number of rotatable bonds is 4. The van der Waals surface area contributed by atoms with Crippen molar-refractivity contribution in [3.05, 3.63) is 33.5 Å². The lowest BCUT2D eigenvalue weighted by atomic mass is 10.4. The van der Waals surface area contributed by atoms with E-state index in [1.54, 1.807) is 22.7 Å². The maximum absolute atomic E-state index is 4.42. The maximum atomic E-state index is 4.42. The molecule has 0 radical (unpaired) electrons. The van der Waals surface area contributed by atoms with Gasteiger partial charge in [-0.15, -0.1) is 22.7 Å². The monoisotopic (exact) mass is 238 g/mol. The van der Waals surface area contributed by atoms with Gasteiger partial charge in [0.15, 0.2) is 5.13 Å². The molecular weight excluding hydrogens is 224 g/mol. The molecule has 0 amide bonds. The molecule has 0 fully saturated rings. The molecule has 4 heteroatoms. The first kappa shape index (κ1) is 10.6. The zero-order chi connectivity index (χ0) is 10.7. The lowest BCUT2D eigenvalue weighted by molar-refractivity contribution is 0.836. The summed E-state index contributed by atoms with van der Waals surface area (Å²) in [6.07, 6.45) is 1.94. The van der Waals surface area contributed by atoms with Gasteiger partial charge in [-0.1, -0.05) is 6.07 Å². The topological polar surface area (TPSA) is 16.1 Å². The van der Waals surface area contributed by atoms with Gasteiger partial charge in [0.05, 0.1) is 6.54 Å². The Balaban J connectivity index is 2.11. The van der Waals surface area contributed by atoms with E-state index >= 15 is 0 Å². The summed E-state index contributed by atoms with van der Waals surface area (Å²) in [6, 6.07) is 4.27. The summed E-state index contributed by atoms with van der Waals surface area (Å²) in [5.41, 5.74) is 0. The lowest BCUT2D eigenvalue weighted by Crippen LogP contribution is -2.20. The Labute approximate surface area is 98.2 Å². The van der Waals surface area contributed by atoms with Crippen molar-refractivity contribution < 1.29 is 0 Å². The van der Waals surface area contributed by atoms with Crippen LogP contribution >= 0.6 is 22.7 Å². The van der Waals surface area contributed by atoms with Gasteiger partial charge in [0.25, 0.3) is 0 Å². The van der Waals surface area contributed by atoms with Gasteiger partial charge in [0.2, 0.25) is 0 Å². The molecule has 0 aliphatic carbocycles. The van der Waals surface area contributed by atoms with E-state index in [1.165, 1.54) is 9.75 Å². The molecule has 15 heavy (non-hydrogen) atoms. The highest BCUT2D eigenvalue weighted by atomic mass is 32.1. The molecule has 0 aliphatic rings. The van der Waals surface area contributed by atoms with Gasteiger partial charge >= 0.3 is 0 Å². The Hall–Kier alpha value is -0.870. The van der Waals surface area contributed by atoms with Crippen LogP contribution < -0.4 is 4.90 Å². The Morgan fingerprint density at radius 3 is 2.87 bits per heavy atom. The summed E-state index contributed by atoms with van der Waals surface area (Å²) in [5, 5.41) is 3.25. The van der Waals surface area contributed by atoms with Crippen molar-refractivity contribution in [1.29, 1.82) is 0 Å². The molecule has 0 bridgehead atoms. The van der Waals surface area contributed by atoms with E-state index < -0.39 is 0 Å². The third-order valence-corrected chi connectivity index (χ3v) is 4.02. The quantitative estimate of drug-likeness (QED) is 0.810. The van der Waals surface area contributed by atoms with Gasteiger partial charge in [-0.2, -0.15) is 0 Å². The SMILES string of the molecule is CCN(Cc1cccs1)c1ncc(C)s1. The van der Waals surface area contributed by atoms with Crippen LogP contribution in [0.4, 0.5) is 5.13 Å². The number of hydrogen-bond acceptors (Lipinski definition) is 4. The van der Waals surface area contributed by atoms with Crippen LogP contribution in [0.5, 0.6) is 0 Å². The zero-order valence-corrected chi connectivity index (χ0v) is 10.6. The second-order valence-electron chi connectivity index (χ2n) is 3.35. The Kier molecular flexibility index (Phi) is 3.38. The summed E-state index contributed by atoms with van der Waals surface area (Å²) in [6.45, 7) is 6.25. The Morgan fingerprint density at radius 1 is 1.47 bits per heavy atom. The van der Waals surface area contributed by atoms with E-state index in [-0.39, 0.29) is 0 Å². The van der Waals surface area contributed by atoms with Gasteiger partial charge in [0, 0.05) is 22.5 Å². The summed E-state index contributed by atoms with van der Waals surface area (Å²) >= 11 is 3.56. The molecule has 2 heterocycles. The van der Waals surface area contributed by atoms with E-state index in [1.807, 2.05) is 6.20 Å². The van der Waals surface area contributed by atoms with Gasteiger partial charge in [-0.3, -0.25) is 0 Å². The number of aryl methyl sites for hydroxylation is 1. The van der Waals surface area contributed by atoms with Crippen molar-refractivity contribution in [3.8, 4) is 0 Å². The predicted molar refractivity (Wildman–Crippen MR) is 67.9 cm³/mol. The van der Waals surface area contributed by atoms with Crippen molar-refractivity contribution in [3.63, 3.8) is 0 Å². The van der Waals surface area contributed by atoms with Gasteiger partial charge < -0.3 is 4.90 Å². The summed E-state index contributed by atoms with van der Waals surface area (Å²) < 4.78 is 0. The predicted octanol–water partition coefficient (Wildman–Crippen LogP) is 3.54. The highest BCUT2D eigenvalue weighted by Gasteiger charge is 2.09. The summed E-state index contributed by atoms with van der Waals surface area (Å²) in [5.74, 6) is 0. The normalized spacial score (nSPS) is 10.5. The van der Waals surface area contributed by atoms with E-state index in [2.05, 4.69) is 41.2 Å².